The molecule has 0 amide bonds. The van der Waals surface area contributed by atoms with Gasteiger partial charge in [0.15, 0.2) is 11.7 Å². The van der Waals surface area contributed by atoms with E-state index in [-0.39, 0.29) is 0 Å². The molecule has 4 aromatic carbocycles. The van der Waals surface area contributed by atoms with Crippen molar-refractivity contribution in [3.63, 3.8) is 0 Å². The summed E-state index contributed by atoms with van der Waals surface area (Å²) >= 11 is 0. The van der Waals surface area contributed by atoms with Crippen LogP contribution in [0.25, 0.3) is 0 Å². The average molecular weight is 503 g/mol. The van der Waals surface area contributed by atoms with Crippen molar-refractivity contribution >= 4 is 23.0 Å². The second-order valence-electron chi connectivity index (χ2n) is 9.62. The van der Waals surface area contributed by atoms with Crippen LogP contribution in [0, 0.1) is 13.8 Å². The van der Waals surface area contributed by atoms with E-state index in [0.29, 0.717) is 13.1 Å². The fourth-order valence-corrected chi connectivity index (χ4v) is 4.13. The Balaban J connectivity index is 1.54. The number of benzene rings is 4. The standard InChI is InChI=1S/C34H38N4/c1-27-17-21-31(22-18-27)37-33(35-25-9-15-29-11-5-3-6-12-29)34(38-32-23-19-28(2)20-24-32)36-26-10-16-30-13-7-4-8-14-30/h3-8,11-14,17-24H,9-10,15-16,25-26H2,1-2H3,(H,35,37)(H,36,38). The van der Waals surface area contributed by atoms with E-state index >= 15 is 0 Å². The Morgan fingerprint density at radius 1 is 0.500 bits per heavy atom. The molecule has 0 heterocycles. The van der Waals surface area contributed by atoms with Gasteiger partial charge in [-0.25, -0.2) is 0 Å². The first kappa shape index (κ1) is 26.9. The van der Waals surface area contributed by atoms with Crippen molar-refractivity contribution in [1.29, 1.82) is 0 Å². The van der Waals surface area contributed by atoms with Crippen molar-refractivity contribution in [2.75, 3.05) is 23.7 Å². The van der Waals surface area contributed by atoms with Crippen LogP contribution in [-0.2, 0) is 12.8 Å². The number of nitrogens with zero attached hydrogens (tertiary/aromatic N) is 2. The van der Waals surface area contributed by atoms with Crippen LogP contribution < -0.4 is 10.6 Å². The molecule has 0 unspecified atom stereocenters. The molecule has 0 aliphatic rings. The average Bonchev–Trinajstić information content (AvgIpc) is 2.95. The minimum absolute atomic E-state index is 0.710. The van der Waals surface area contributed by atoms with Gasteiger partial charge in [0.05, 0.1) is 0 Å². The van der Waals surface area contributed by atoms with E-state index in [2.05, 4.69) is 134 Å². The lowest BCUT2D eigenvalue weighted by molar-refractivity contribution is 0.830. The minimum Gasteiger partial charge on any atom is -0.337 e. The summed E-state index contributed by atoms with van der Waals surface area (Å²) in [5, 5.41) is 7.10. The lowest BCUT2D eigenvalue weighted by Crippen LogP contribution is -2.31. The van der Waals surface area contributed by atoms with Crippen LogP contribution in [0.15, 0.2) is 119 Å². The fourth-order valence-electron chi connectivity index (χ4n) is 4.13. The number of rotatable bonds is 10. The molecule has 0 fully saturated rings. The second kappa shape index (κ2) is 14.5. The molecular formula is C34H38N4. The van der Waals surface area contributed by atoms with E-state index in [0.717, 1.165) is 48.7 Å². The van der Waals surface area contributed by atoms with Crippen LogP contribution >= 0.6 is 0 Å². The smallest absolute Gasteiger partial charge is 0.168 e. The normalized spacial score (nSPS) is 11.8. The van der Waals surface area contributed by atoms with Crippen LogP contribution in [0.4, 0.5) is 11.4 Å². The zero-order valence-corrected chi connectivity index (χ0v) is 22.5. The SMILES string of the molecule is Cc1ccc(NC(=NCCCc2ccccc2)C(=NCCCc2ccccc2)Nc2ccc(C)cc2)cc1. The molecule has 2 N–H and O–H groups in total. The quantitative estimate of drug-likeness (QED) is 0.132. The van der Waals surface area contributed by atoms with E-state index in [1.54, 1.807) is 0 Å². The van der Waals surface area contributed by atoms with Crippen LogP contribution in [0.2, 0.25) is 0 Å². The zero-order chi connectivity index (χ0) is 26.4. The maximum Gasteiger partial charge on any atom is 0.168 e. The summed E-state index contributed by atoms with van der Waals surface area (Å²) in [6.07, 6.45) is 3.93. The van der Waals surface area contributed by atoms with Gasteiger partial charge in [0.1, 0.15) is 0 Å². The predicted octanol–water partition coefficient (Wildman–Crippen LogP) is 7.89. The highest BCUT2D eigenvalue weighted by atomic mass is 15.1. The van der Waals surface area contributed by atoms with Crippen molar-refractivity contribution in [1.82, 2.24) is 0 Å². The Kier molecular flexibility index (Phi) is 10.3. The molecule has 4 nitrogen and oxygen atoms in total. The number of amidine groups is 2. The van der Waals surface area contributed by atoms with Gasteiger partial charge >= 0.3 is 0 Å². The molecule has 0 saturated heterocycles. The maximum atomic E-state index is 5.02. The predicted molar refractivity (Wildman–Crippen MR) is 164 cm³/mol. The molecule has 4 heteroatoms. The third kappa shape index (κ3) is 9.04. The Bertz CT molecular complexity index is 1190. The molecule has 4 aromatic rings. The van der Waals surface area contributed by atoms with Crippen molar-refractivity contribution in [3.05, 3.63) is 131 Å². The lowest BCUT2D eigenvalue weighted by Gasteiger charge is -2.16. The van der Waals surface area contributed by atoms with E-state index in [1.807, 2.05) is 0 Å². The largest absolute Gasteiger partial charge is 0.337 e. The first-order valence-corrected chi connectivity index (χ1v) is 13.5. The van der Waals surface area contributed by atoms with Gasteiger partial charge in [0, 0.05) is 24.5 Å². The highest BCUT2D eigenvalue weighted by molar-refractivity contribution is 6.48. The Morgan fingerprint density at radius 3 is 1.24 bits per heavy atom. The molecule has 0 aliphatic heterocycles. The minimum atomic E-state index is 0.710. The van der Waals surface area contributed by atoms with E-state index in [1.165, 1.54) is 22.3 Å². The van der Waals surface area contributed by atoms with Crippen molar-refractivity contribution in [2.45, 2.75) is 39.5 Å². The van der Waals surface area contributed by atoms with Crippen molar-refractivity contribution < 1.29 is 0 Å². The van der Waals surface area contributed by atoms with Crippen LogP contribution in [-0.4, -0.2) is 24.8 Å². The molecule has 0 bridgehead atoms. The Labute approximate surface area is 227 Å². The van der Waals surface area contributed by atoms with Crippen molar-refractivity contribution in [2.24, 2.45) is 9.98 Å². The first-order chi connectivity index (χ1) is 18.7. The molecule has 0 spiro atoms. The molecule has 4 rings (SSSR count). The summed E-state index contributed by atoms with van der Waals surface area (Å²) in [6, 6.07) is 38.0. The number of aliphatic imine (C=N–C) groups is 2. The maximum absolute atomic E-state index is 5.02. The van der Waals surface area contributed by atoms with E-state index in [4.69, 9.17) is 9.98 Å². The molecule has 0 saturated carbocycles. The molecule has 0 atom stereocenters. The summed E-state index contributed by atoms with van der Waals surface area (Å²) < 4.78 is 0. The molecule has 38 heavy (non-hydrogen) atoms. The van der Waals surface area contributed by atoms with Gasteiger partial charge in [-0.15, -0.1) is 0 Å². The number of hydrogen-bond donors (Lipinski definition) is 2. The van der Waals surface area contributed by atoms with E-state index < -0.39 is 0 Å². The Hall–Kier alpha value is -4.18. The van der Waals surface area contributed by atoms with Gasteiger partial charge in [-0.2, -0.15) is 0 Å². The second-order valence-corrected chi connectivity index (χ2v) is 9.62. The van der Waals surface area contributed by atoms with Crippen LogP contribution in [0.1, 0.15) is 35.1 Å². The summed E-state index contributed by atoms with van der Waals surface area (Å²) in [5.41, 5.74) is 7.13. The molecule has 0 aliphatic carbocycles. The summed E-state index contributed by atoms with van der Waals surface area (Å²) in [4.78, 5) is 10.0. The Morgan fingerprint density at radius 2 is 0.868 bits per heavy atom. The van der Waals surface area contributed by atoms with Gasteiger partial charge in [0.25, 0.3) is 0 Å². The lowest BCUT2D eigenvalue weighted by atomic mass is 10.1. The highest BCUT2D eigenvalue weighted by Crippen LogP contribution is 2.13. The molecule has 194 valence electrons. The molecule has 0 radical (unpaired) electrons. The fraction of sp³-hybridized carbons (Fsp3) is 0.235. The third-order valence-electron chi connectivity index (χ3n) is 6.33. The van der Waals surface area contributed by atoms with Crippen LogP contribution in [0.5, 0.6) is 0 Å². The van der Waals surface area contributed by atoms with Gasteiger partial charge in [-0.1, -0.05) is 96.1 Å². The number of nitrogens with one attached hydrogen (secondary N) is 2. The topological polar surface area (TPSA) is 48.8 Å². The number of aryl methyl sites for hydroxylation is 4. The number of anilines is 2. The van der Waals surface area contributed by atoms with E-state index in [9.17, 15) is 0 Å². The zero-order valence-electron chi connectivity index (χ0n) is 22.5. The van der Waals surface area contributed by atoms with Gasteiger partial charge in [-0.05, 0) is 74.9 Å². The number of hydrogen-bond acceptors (Lipinski definition) is 2. The van der Waals surface area contributed by atoms with Crippen molar-refractivity contribution in [3.8, 4) is 0 Å². The molecular weight excluding hydrogens is 464 g/mol. The first-order valence-electron chi connectivity index (χ1n) is 13.5. The van der Waals surface area contributed by atoms with Crippen LogP contribution in [0.3, 0.4) is 0 Å². The molecule has 0 aromatic heterocycles. The third-order valence-corrected chi connectivity index (χ3v) is 6.33. The van der Waals surface area contributed by atoms with Gasteiger partial charge in [-0.3, -0.25) is 9.98 Å². The van der Waals surface area contributed by atoms with Gasteiger partial charge in [0.2, 0.25) is 0 Å². The monoisotopic (exact) mass is 502 g/mol. The summed E-state index contributed by atoms with van der Waals surface area (Å²) in [5.74, 6) is 1.53. The summed E-state index contributed by atoms with van der Waals surface area (Å²) in [7, 11) is 0. The van der Waals surface area contributed by atoms with Gasteiger partial charge < -0.3 is 10.6 Å². The highest BCUT2D eigenvalue weighted by Gasteiger charge is 2.11. The summed E-state index contributed by atoms with van der Waals surface area (Å²) in [6.45, 7) is 5.62.